The summed E-state index contributed by atoms with van der Waals surface area (Å²) in [7, 11) is 0. The summed E-state index contributed by atoms with van der Waals surface area (Å²) in [5.41, 5.74) is 3.31. The van der Waals surface area contributed by atoms with Gasteiger partial charge in [-0.15, -0.1) is 0 Å². The van der Waals surface area contributed by atoms with Crippen LogP contribution in [0.5, 0.6) is 0 Å². The number of hydrogen-bond acceptors (Lipinski definition) is 1. The van der Waals surface area contributed by atoms with Crippen molar-refractivity contribution >= 4 is 0 Å². The van der Waals surface area contributed by atoms with E-state index in [1.807, 2.05) is 0 Å². The van der Waals surface area contributed by atoms with E-state index in [1.165, 1.54) is 37.7 Å². The van der Waals surface area contributed by atoms with Crippen LogP contribution in [0.2, 0.25) is 0 Å². The van der Waals surface area contributed by atoms with Crippen LogP contribution in [0.15, 0.2) is 24.3 Å². The molecule has 0 aliphatic heterocycles. The smallest absolute Gasteiger partial charge is 0.00777 e. The molecule has 1 heteroatoms. The minimum absolute atomic E-state index is 0.390. The van der Waals surface area contributed by atoms with Gasteiger partial charge < -0.3 is 5.32 Å². The SMILES string of the molecule is Cc1ccc(C2(CNCC(C)C)CCCCC2)cc1. The van der Waals surface area contributed by atoms with Crippen molar-refractivity contribution < 1.29 is 0 Å². The van der Waals surface area contributed by atoms with E-state index in [0.29, 0.717) is 5.41 Å². The van der Waals surface area contributed by atoms with Crippen molar-refractivity contribution in [2.75, 3.05) is 13.1 Å². The Morgan fingerprint density at radius 2 is 1.68 bits per heavy atom. The number of benzene rings is 1. The van der Waals surface area contributed by atoms with E-state index in [-0.39, 0.29) is 0 Å². The third kappa shape index (κ3) is 3.82. The molecule has 0 radical (unpaired) electrons. The molecule has 1 aliphatic carbocycles. The predicted octanol–water partition coefficient (Wildman–Crippen LogP) is 4.44. The van der Waals surface area contributed by atoms with Gasteiger partial charge in [-0.3, -0.25) is 0 Å². The molecule has 1 aliphatic rings. The van der Waals surface area contributed by atoms with Crippen LogP contribution in [0.1, 0.15) is 57.1 Å². The fraction of sp³-hybridized carbons (Fsp3) is 0.667. The molecule has 1 aromatic rings. The number of aryl methyl sites for hydroxylation is 1. The topological polar surface area (TPSA) is 12.0 Å². The minimum atomic E-state index is 0.390. The largest absolute Gasteiger partial charge is 0.316 e. The Kier molecular flexibility index (Phi) is 5.04. The fourth-order valence-corrected chi connectivity index (χ4v) is 3.30. The van der Waals surface area contributed by atoms with Gasteiger partial charge in [0.05, 0.1) is 0 Å². The molecule has 0 amide bonds. The highest BCUT2D eigenvalue weighted by atomic mass is 14.9. The zero-order chi connectivity index (χ0) is 13.7. The molecule has 106 valence electrons. The summed E-state index contributed by atoms with van der Waals surface area (Å²) in [6.07, 6.45) is 6.88. The van der Waals surface area contributed by atoms with E-state index < -0.39 is 0 Å². The molecule has 1 saturated carbocycles. The molecule has 1 N–H and O–H groups in total. The molecule has 2 rings (SSSR count). The van der Waals surface area contributed by atoms with Crippen LogP contribution in [0.25, 0.3) is 0 Å². The molecule has 0 unspecified atom stereocenters. The summed E-state index contributed by atoms with van der Waals surface area (Å²) < 4.78 is 0. The Labute approximate surface area is 118 Å². The van der Waals surface area contributed by atoms with Crippen LogP contribution < -0.4 is 5.32 Å². The van der Waals surface area contributed by atoms with Crippen molar-refractivity contribution in [2.45, 2.75) is 58.3 Å². The second-order valence-electron chi connectivity index (χ2n) is 6.73. The van der Waals surface area contributed by atoms with E-state index in [4.69, 9.17) is 0 Å². The highest BCUT2D eigenvalue weighted by Crippen LogP contribution is 2.39. The van der Waals surface area contributed by atoms with Crippen LogP contribution in [-0.2, 0) is 5.41 Å². The molecule has 1 fully saturated rings. The van der Waals surface area contributed by atoms with Gasteiger partial charge in [-0.05, 0) is 37.8 Å². The summed E-state index contributed by atoms with van der Waals surface area (Å²) in [5, 5.41) is 3.71. The molecular formula is C18H29N. The van der Waals surface area contributed by atoms with Gasteiger partial charge in [-0.1, -0.05) is 62.9 Å². The average molecular weight is 259 g/mol. The lowest BCUT2D eigenvalue weighted by Gasteiger charge is -2.38. The van der Waals surface area contributed by atoms with Crippen molar-refractivity contribution in [3.8, 4) is 0 Å². The van der Waals surface area contributed by atoms with Crippen LogP contribution >= 0.6 is 0 Å². The Hall–Kier alpha value is -0.820. The highest BCUT2D eigenvalue weighted by Gasteiger charge is 2.33. The lowest BCUT2D eigenvalue weighted by Crippen LogP contribution is -2.41. The fourth-order valence-electron chi connectivity index (χ4n) is 3.30. The lowest BCUT2D eigenvalue weighted by molar-refractivity contribution is 0.276. The molecule has 0 bridgehead atoms. The van der Waals surface area contributed by atoms with Gasteiger partial charge in [-0.2, -0.15) is 0 Å². The molecule has 19 heavy (non-hydrogen) atoms. The maximum atomic E-state index is 3.71. The standard InChI is InChI=1S/C18H29N/c1-15(2)13-19-14-18(11-5-4-6-12-18)17-9-7-16(3)8-10-17/h7-10,15,19H,4-6,11-14H2,1-3H3. The average Bonchev–Trinajstić information content (AvgIpc) is 2.40. The van der Waals surface area contributed by atoms with Gasteiger partial charge in [0, 0.05) is 12.0 Å². The number of hydrogen-bond donors (Lipinski definition) is 1. The first-order valence-electron chi connectivity index (χ1n) is 7.90. The third-order valence-electron chi connectivity index (χ3n) is 4.49. The summed E-state index contributed by atoms with van der Waals surface area (Å²) in [5.74, 6) is 0.735. The van der Waals surface area contributed by atoms with E-state index in [2.05, 4.69) is 50.4 Å². The van der Waals surface area contributed by atoms with Crippen molar-refractivity contribution in [3.63, 3.8) is 0 Å². The zero-order valence-electron chi connectivity index (χ0n) is 12.8. The van der Waals surface area contributed by atoms with Crippen molar-refractivity contribution in [1.29, 1.82) is 0 Å². The van der Waals surface area contributed by atoms with Crippen molar-refractivity contribution in [1.82, 2.24) is 5.32 Å². The number of rotatable bonds is 5. The Morgan fingerprint density at radius 1 is 1.05 bits per heavy atom. The van der Waals surface area contributed by atoms with Crippen LogP contribution in [-0.4, -0.2) is 13.1 Å². The first kappa shape index (κ1) is 14.6. The first-order valence-corrected chi connectivity index (χ1v) is 7.90. The molecule has 1 aromatic carbocycles. The molecule has 0 spiro atoms. The monoisotopic (exact) mass is 259 g/mol. The Morgan fingerprint density at radius 3 is 2.26 bits per heavy atom. The first-order chi connectivity index (χ1) is 9.12. The lowest BCUT2D eigenvalue weighted by atomic mass is 9.69. The normalized spacial score (nSPS) is 18.7. The quantitative estimate of drug-likeness (QED) is 0.824. The predicted molar refractivity (Wildman–Crippen MR) is 83.6 cm³/mol. The van der Waals surface area contributed by atoms with Crippen molar-refractivity contribution in [3.05, 3.63) is 35.4 Å². The Bertz CT molecular complexity index is 371. The van der Waals surface area contributed by atoms with E-state index >= 15 is 0 Å². The number of nitrogens with one attached hydrogen (secondary N) is 1. The third-order valence-corrected chi connectivity index (χ3v) is 4.49. The summed E-state index contributed by atoms with van der Waals surface area (Å²) in [4.78, 5) is 0. The summed E-state index contributed by atoms with van der Waals surface area (Å²) in [6, 6.07) is 9.26. The van der Waals surface area contributed by atoms with E-state index in [0.717, 1.165) is 19.0 Å². The molecule has 1 nitrogen and oxygen atoms in total. The molecular weight excluding hydrogens is 230 g/mol. The van der Waals surface area contributed by atoms with Crippen molar-refractivity contribution in [2.24, 2.45) is 5.92 Å². The van der Waals surface area contributed by atoms with Gasteiger partial charge in [0.15, 0.2) is 0 Å². The minimum Gasteiger partial charge on any atom is -0.316 e. The summed E-state index contributed by atoms with van der Waals surface area (Å²) in [6.45, 7) is 9.02. The van der Waals surface area contributed by atoms with E-state index in [1.54, 1.807) is 5.56 Å². The zero-order valence-corrected chi connectivity index (χ0v) is 12.8. The second-order valence-corrected chi connectivity index (χ2v) is 6.73. The van der Waals surface area contributed by atoms with Crippen LogP contribution in [0, 0.1) is 12.8 Å². The van der Waals surface area contributed by atoms with Gasteiger partial charge in [-0.25, -0.2) is 0 Å². The summed E-state index contributed by atoms with van der Waals surface area (Å²) >= 11 is 0. The van der Waals surface area contributed by atoms with Gasteiger partial charge >= 0.3 is 0 Å². The van der Waals surface area contributed by atoms with Gasteiger partial charge in [0.25, 0.3) is 0 Å². The Balaban J connectivity index is 2.11. The molecule has 0 aromatic heterocycles. The molecule has 0 saturated heterocycles. The highest BCUT2D eigenvalue weighted by molar-refractivity contribution is 5.29. The second kappa shape index (κ2) is 6.56. The van der Waals surface area contributed by atoms with Gasteiger partial charge in [0.2, 0.25) is 0 Å². The van der Waals surface area contributed by atoms with Gasteiger partial charge in [0.1, 0.15) is 0 Å². The van der Waals surface area contributed by atoms with Crippen LogP contribution in [0.4, 0.5) is 0 Å². The molecule has 0 atom stereocenters. The molecule has 0 heterocycles. The van der Waals surface area contributed by atoms with Crippen LogP contribution in [0.3, 0.4) is 0 Å². The maximum absolute atomic E-state index is 3.71. The van der Waals surface area contributed by atoms with E-state index in [9.17, 15) is 0 Å². The maximum Gasteiger partial charge on any atom is 0.00777 e.